The monoisotopic (exact) mass is 335 g/mol. The zero-order valence-electron chi connectivity index (χ0n) is 14.9. The summed E-state index contributed by atoms with van der Waals surface area (Å²) in [5.74, 6) is 0.947. The lowest BCUT2D eigenvalue weighted by Gasteiger charge is -2.29. The van der Waals surface area contributed by atoms with Gasteiger partial charge in [0.05, 0.1) is 0 Å². The van der Waals surface area contributed by atoms with E-state index in [1.54, 1.807) is 0 Å². The molecule has 0 bridgehead atoms. The number of nitrogens with one attached hydrogen (secondary N) is 1. The normalized spacial score (nSPS) is 16.5. The predicted molar refractivity (Wildman–Crippen MR) is 94.0 cm³/mol. The molecule has 1 unspecified atom stereocenters. The topological polar surface area (TPSA) is 76.8 Å². The maximum atomic E-state index is 11.7. The minimum absolute atomic E-state index is 0.190. The van der Waals surface area contributed by atoms with E-state index in [0.29, 0.717) is 19.7 Å². The average molecular weight is 335 g/mol. The number of carbonyl (C=O) groups is 1. The molecule has 0 saturated carbocycles. The van der Waals surface area contributed by atoms with E-state index in [9.17, 15) is 4.79 Å². The van der Waals surface area contributed by atoms with Crippen molar-refractivity contribution in [1.82, 2.24) is 10.2 Å². The quantitative estimate of drug-likeness (QED) is 0.862. The number of rotatable bonds is 5. The highest BCUT2D eigenvalue weighted by Gasteiger charge is 2.22. The zero-order chi connectivity index (χ0) is 17.6. The van der Waals surface area contributed by atoms with E-state index < -0.39 is 5.60 Å². The Labute approximate surface area is 144 Å². The molecule has 0 radical (unpaired) electrons. The molecule has 1 aromatic carbocycles. The van der Waals surface area contributed by atoms with Gasteiger partial charge in [-0.15, -0.1) is 0 Å². The summed E-state index contributed by atoms with van der Waals surface area (Å²) in [5, 5.41) is 2.80. The average Bonchev–Trinajstić information content (AvgIpc) is 2.72. The highest BCUT2D eigenvalue weighted by molar-refractivity contribution is 5.67. The lowest BCUT2D eigenvalue weighted by atomic mass is 10.1. The van der Waals surface area contributed by atoms with E-state index >= 15 is 0 Å². The molecule has 0 aromatic heterocycles. The fraction of sp³-hybridized carbons (Fsp3) is 0.611. The van der Waals surface area contributed by atoms with Gasteiger partial charge in [-0.05, 0) is 33.3 Å². The van der Waals surface area contributed by atoms with Crippen LogP contribution in [0.2, 0.25) is 0 Å². The third-order valence-corrected chi connectivity index (χ3v) is 3.92. The molecule has 0 fully saturated rings. The number of nitrogens with zero attached hydrogens (tertiary/aromatic N) is 1. The van der Waals surface area contributed by atoms with Crippen LogP contribution in [0.1, 0.15) is 32.8 Å². The first-order valence-corrected chi connectivity index (χ1v) is 8.51. The second kappa shape index (κ2) is 8.35. The van der Waals surface area contributed by atoms with Crippen molar-refractivity contribution in [1.29, 1.82) is 0 Å². The molecule has 1 aliphatic rings. The molecule has 0 aliphatic carbocycles. The standard InChI is InChI=1S/C18H29N3O3/c1-18(2,3)24-17(22)20-9-8-15(12-19)21-10-11-23-16-7-5-4-6-14(16)13-21/h4-7,15H,8-13,19H2,1-3H3,(H,20,22). The highest BCUT2D eigenvalue weighted by atomic mass is 16.6. The maximum absolute atomic E-state index is 11.7. The van der Waals surface area contributed by atoms with Crippen LogP contribution >= 0.6 is 0 Å². The summed E-state index contributed by atoms with van der Waals surface area (Å²) in [6.45, 7) is 8.91. The van der Waals surface area contributed by atoms with E-state index in [1.165, 1.54) is 5.56 Å². The molecule has 1 aromatic rings. The van der Waals surface area contributed by atoms with Gasteiger partial charge in [-0.1, -0.05) is 18.2 Å². The van der Waals surface area contributed by atoms with Gasteiger partial charge >= 0.3 is 6.09 Å². The Morgan fingerprint density at radius 1 is 1.42 bits per heavy atom. The van der Waals surface area contributed by atoms with Crippen LogP contribution < -0.4 is 15.8 Å². The van der Waals surface area contributed by atoms with Crippen LogP contribution in [-0.4, -0.2) is 48.9 Å². The summed E-state index contributed by atoms with van der Waals surface area (Å²) in [7, 11) is 0. The van der Waals surface area contributed by atoms with Gasteiger partial charge < -0.3 is 20.5 Å². The Hall–Kier alpha value is -1.79. The lowest BCUT2D eigenvalue weighted by molar-refractivity contribution is 0.0521. The van der Waals surface area contributed by atoms with Crippen LogP contribution in [0, 0.1) is 0 Å². The van der Waals surface area contributed by atoms with E-state index in [1.807, 2.05) is 39.0 Å². The molecular formula is C18H29N3O3. The summed E-state index contributed by atoms with van der Waals surface area (Å²) in [5.41, 5.74) is 6.66. The number of carbonyl (C=O) groups excluding carboxylic acids is 1. The summed E-state index contributed by atoms with van der Waals surface area (Å²) in [6, 6.07) is 8.28. The molecule has 1 amide bonds. The number of hydrogen-bond acceptors (Lipinski definition) is 5. The smallest absolute Gasteiger partial charge is 0.407 e. The SMILES string of the molecule is CC(C)(C)OC(=O)NCCC(CN)N1CCOc2ccccc2C1. The van der Waals surface area contributed by atoms with Gasteiger partial charge in [-0.25, -0.2) is 4.79 Å². The molecule has 0 spiro atoms. The molecule has 0 saturated heterocycles. The Bertz CT molecular complexity index is 543. The highest BCUT2D eigenvalue weighted by Crippen LogP contribution is 2.23. The van der Waals surface area contributed by atoms with E-state index in [4.69, 9.17) is 15.2 Å². The van der Waals surface area contributed by atoms with Crippen molar-refractivity contribution < 1.29 is 14.3 Å². The third-order valence-electron chi connectivity index (χ3n) is 3.92. The first kappa shape index (κ1) is 18.5. The van der Waals surface area contributed by atoms with E-state index in [2.05, 4.69) is 16.3 Å². The number of ether oxygens (including phenoxy) is 2. The lowest BCUT2D eigenvalue weighted by Crippen LogP contribution is -2.44. The van der Waals surface area contributed by atoms with Crippen molar-refractivity contribution in [3.8, 4) is 5.75 Å². The van der Waals surface area contributed by atoms with E-state index in [-0.39, 0.29) is 12.1 Å². The van der Waals surface area contributed by atoms with Crippen LogP contribution in [0.4, 0.5) is 4.79 Å². The van der Waals surface area contributed by atoms with Gasteiger partial charge in [0, 0.05) is 37.8 Å². The minimum Gasteiger partial charge on any atom is -0.492 e. The molecule has 6 heteroatoms. The number of para-hydroxylation sites is 1. The Morgan fingerprint density at radius 3 is 2.88 bits per heavy atom. The first-order chi connectivity index (χ1) is 11.4. The molecule has 6 nitrogen and oxygen atoms in total. The Kier molecular flexibility index (Phi) is 6.45. The zero-order valence-corrected chi connectivity index (χ0v) is 14.9. The molecule has 24 heavy (non-hydrogen) atoms. The second-order valence-electron chi connectivity index (χ2n) is 7.03. The predicted octanol–water partition coefficient (Wildman–Crippen LogP) is 2.12. The number of alkyl carbamates (subject to hydrolysis) is 1. The van der Waals surface area contributed by atoms with Gasteiger partial charge in [-0.3, -0.25) is 4.90 Å². The number of fused-ring (bicyclic) bond motifs is 1. The van der Waals surface area contributed by atoms with Crippen LogP contribution in [0.15, 0.2) is 24.3 Å². The molecule has 3 N–H and O–H groups in total. The van der Waals surface area contributed by atoms with Crippen LogP contribution in [0.3, 0.4) is 0 Å². The molecule has 1 atom stereocenters. The van der Waals surface area contributed by atoms with Gasteiger partial charge in [0.2, 0.25) is 0 Å². The Balaban J connectivity index is 1.86. The van der Waals surface area contributed by atoms with Gasteiger partial charge in [-0.2, -0.15) is 0 Å². The Morgan fingerprint density at radius 2 is 2.17 bits per heavy atom. The number of hydrogen-bond donors (Lipinski definition) is 2. The van der Waals surface area contributed by atoms with Crippen molar-refractivity contribution in [2.45, 2.75) is 45.4 Å². The van der Waals surface area contributed by atoms with Crippen LogP contribution in [0.5, 0.6) is 5.75 Å². The fourth-order valence-corrected chi connectivity index (χ4v) is 2.76. The molecule has 134 valence electrons. The van der Waals surface area contributed by atoms with Crippen molar-refractivity contribution in [2.75, 3.05) is 26.2 Å². The largest absolute Gasteiger partial charge is 0.492 e. The number of amides is 1. The van der Waals surface area contributed by atoms with Gasteiger partial charge in [0.25, 0.3) is 0 Å². The third kappa shape index (κ3) is 5.69. The minimum atomic E-state index is -0.483. The molecule has 1 aliphatic heterocycles. The second-order valence-corrected chi connectivity index (χ2v) is 7.03. The number of nitrogens with two attached hydrogens (primary N) is 1. The molecule has 1 heterocycles. The van der Waals surface area contributed by atoms with Gasteiger partial charge in [0.1, 0.15) is 18.0 Å². The first-order valence-electron chi connectivity index (χ1n) is 8.51. The summed E-state index contributed by atoms with van der Waals surface area (Å²) < 4.78 is 11.0. The molecular weight excluding hydrogens is 306 g/mol. The van der Waals surface area contributed by atoms with Crippen molar-refractivity contribution in [2.24, 2.45) is 5.73 Å². The summed E-state index contributed by atoms with van der Waals surface area (Å²) in [4.78, 5) is 14.0. The summed E-state index contributed by atoms with van der Waals surface area (Å²) in [6.07, 6.45) is 0.389. The van der Waals surface area contributed by atoms with E-state index in [0.717, 1.165) is 25.3 Å². The molecule has 2 rings (SSSR count). The maximum Gasteiger partial charge on any atom is 0.407 e. The summed E-state index contributed by atoms with van der Waals surface area (Å²) >= 11 is 0. The number of benzene rings is 1. The van der Waals surface area contributed by atoms with Crippen molar-refractivity contribution >= 4 is 6.09 Å². The van der Waals surface area contributed by atoms with Crippen molar-refractivity contribution in [3.63, 3.8) is 0 Å². The van der Waals surface area contributed by atoms with Crippen molar-refractivity contribution in [3.05, 3.63) is 29.8 Å². The van der Waals surface area contributed by atoms with Crippen LogP contribution in [0.25, 0.3) is 0 Å². The van der Waals surface area contributed by atoms with Crippen LogP contribution in [-0.2, 0) is 11.3 Å². The fourth-order valence-electron chi connectivity index (χ4n) is 2.76. The van der Waals surface area contributed by atoms with Gasteiger partial charge in [0.15, 0.2) is 0 Å².